The zero-order chi connectivity index (χ0) is 12.3. The van der Waals surface area contributed by atoms with Crippen LogP contribution in [0.15, 0.2) is 0 Å². The lowest BCUT2D eigenvalue weighted by Gasteiger charge is -2.35. The molecule has 0 aromatic heterocycles. The Labute approximate surface area is 98.6 Å². The quantitative estimate of drug-likeness (QED) is 0.668. The molecule has 1 saturated carbocycles. The topological polar surface area (TPSA) is 58.4 Å². The molecule has 0 aromatic rings. The molecule has 1 rings (SSSR count). The van der Waals surface area contributed by atoms with E-state index in [0.29, 0.717) is 12.6 Å². The van der Waals surface area contributed by atoms with Crippen molar-refractivity contribution < 1.29 is 4.79 Å². The second kappa shape index (κ2) is 5.15. The van der Waals surface area contributed by atoms with Crippen molar-refractivity contribution in [3.8, 4) is 0 Å². The van der Waals surface area contributed by atoms with Crippen molar-refractivity contribution in [3.05, 3.63) is 0 Å². The minimum Gasteiger partial charge on any atom is -0.368 e. The fourth-order valence-electron chi connectivity index (χ4n) is 2.19. The van der Waals surface area contributed by atoms with E-state index in [4.69, 9.17) is 5.73 Å². The molecule has 1 aliphatic rings. The molecule has 2 unspecified atom stereocenters. The van der Waals surface area contributed by atoms with Gasteiger partial charge in [0.15, 0.2) is 0 Å². The van der Waals surface area contributed by atoms with E-state index >= 15 is 0 Å². The summed E-state index contributed by atoms with van der Waals surface area (Å²) < 4.78 is 0. The lowest BCUT2D eigenvalue weighted by Crippen LogP contribution is -2.60. The molecule has 0 aliphatic heterocycles. The van der Waals surface area contributed by atoms with Gasteiger partial charge in [-0.3, -0.25) is 4.79 Å². The lowest BCUT2D eigenvalue weighted by molar-refractivity contribution is -0.124. The fraction of sp³-hybridized carbons (Fsp3) is 0.917. The molecule has 0 saturated heterocycles. The molecule has 0 radical (unpaired) electrons. The number of likely N-dealkylation sites (N-methyl/N-ethyl adjacent to an activating group) is 2. The summed E-state index contributed by atoms with van der Waals surface area (Å²) in [5.74, 6) is 0.535. The number of hydrogen-bond acceptors (Lipinski definition) is 3. The average molecular weight is 227 g/mol. The Morgan fingerprint density at radius 1 is 1.62 bits per heavy atom. The number of primary amides is 1. The van der Waals surface area contributed by atoms with Crippen molar-refractivity contribution in [1.82, 2.24) is 10.2 Å². The molecular formula is C12H25N3O. The average Bonchev–Trinajstić information content (AvgIpc) is 2.99. The zero-order valence-electron chi connectivity index (χ0n) is 10.9. The minimum absolute atomic E-state index is 0.274. The van der Waals surface area contributed by atoms with Gasteiger partial charge >= 0.3 is 0 Å². The predicted molar refractivity (Wildman–Crippen MR) is 66.1 cm³/mol. The smallest absolute Gasteiger partial charge is 0.238 e. The Balaban J connectivity index is 2.56. The van der Waals surface area contributed by atoms with Gasteiger partial charge in [-0.2, -0.15) is 0 Å². The highest BCUT2D eigenvalue weighted by atomic mass is 16.1. The third-order valence-corrected chi connectivity index (χ3v) is 3.68. The maximum atomic E-state index is 11.5. The molecule has 0 heterocycles. The van der Waals surface area contributed by atoms with Gasteiger partial charge in [0.25, 0.3) is 0 Å². The number of rotatable bonds is 7. The van der Waals surface area contributed by atoms with E-state index in [9.17, 15) is 4.79 Å². The van der Waals surface area contributed by atoms with Crippen molar-refractivity contribution in [2.24, 2.45) is 11.7 Å². The van der Waals surface area contributed by atoms with Crippen LogP contribution in [0, 0.1) is 5.92 Å². The monoisotopic (exact) mass is 227 g/mol. The van der Waals surface area contributed by atoms with Gasteiger partial charge in [-0.05, 0) is 46.2 Å². The third kappa shape index (κ3) is 3.19. The Morgan fingerprint density at radius 3 is 2.56 bits per heavy atom. The molecule has 94 valence electrons. The number of amides is 1. The van der Waals surface area contributed by atoms with E-state index in [1.807, 2.05) is 13.8 Å². The molecule has 16 heavy (non-hydrogen) atoms. The van der Waals surface area contributed by atoms with Gasteiger partial charge in [0.1, 0.15) is 5.54 Å². The van der Waals surface area contributed by atoms with Gasteiger partial charge in [0.2, 0.25) is 5.91 Å². The fourth-order valence-corrected chi connectivity index (χ4v) is 2.19. The van der Waals surface area contributed by atoms with Crippen LogP contribution < -0.4 is 11.1 Å². The van der Waals surface area contributed by atoms with E-state index in [0.717, 1.165) is 12.5 Å². The van der Waals surface area contributed by atoms with E-state index < -0.39 is 5.54 Å². The largest absolute Gasteiger partial charge is 0.368 e. The maximum absolute atomic E-state index is 11.5. The summed E-state index contributed by atoms with van der Waals surface area (Å²) in [6.07, 6.45) is 2.64. The zero-order valence-corrected chi connectivity index (χ0v) is 10.9. The highest BCUT2D eigenvalue weighted by Crippen LogP contribution is 2.34. The van der Waals surface area contributed by atoms with Gasteiger partial charge in [-0.1, -0.05) is 6.92 Å². The molecule has 4 heteroatoms. The predicted octanol–water partition coefficient (Wildman–Crippen LogP) is 0.570. The second-order valence-electron chi connectivity index (χ2n) is 5.22. The Morgan fingerprint density at radius 2 is 2.19 bits per heavy atom. The Hall–Kier alpha value is -0.610. The molecule has 1 aliphatic carbocycles. The SMILES string of the molecule is CCNC(C)(CN(C)C(C)C1CC1)C(N)=O. The van der Waals surface area contributed by atoms with Crippen LogP contribution in [0.1, 0.15) is 33.6 Å². The molecule has 0 spiro atoms. The minimum atomic E-state index is -0.618. The van der Waals surface area contributed by atoms with Gasteiger partial charge < -0.3 is 16.0 Å². The first-order valence-electron chi connectivity index (χ1n) is 6.16. The number of nitrogens with two attached hydrogens (primary N) is 1. The first-order valence-corrected chi connectivity index (χ1v) is 6.16. The van der Waals surface area contributed by atoms with Crippen molar-refractivity contribution in [3.63, 3.8) is 0 Å². The molecule has 1 fully saturated rings. The van der Waals surface area contributed by atoms with Crippen LogP contribution in [0.2, 0.25) is 0 Å². The first-order chi connectivity index (χ1) is 7.40. The number of nitrogens with one attached hydrogen (secondary N) is 1. The van der Waals surface area contributed by atoms with E-state index in [1.165, 1.54) is 12.8 Å². The van der Waals surface area contributed by atoms with Crippen LogP contribution in [0.4, 0.5) is 0 Å². The molecule has 0 aromatic carbocycles. The van der Waals surface area contributed by atoms with E-state index in [-0.39, 0.29) is 5.91 Å². The number of nitrogens with zero attached hydrogens (tertiary/aromatic N) is 1. The summed E-state index contributed by atoms with van der Waals surface area (Å²) in [6.45, 7) is 7.53. The first kappa shape index (κ1) is 13.5. The highest BCUT2D eigenvalue weighted by Gasteiger charge is 2.36. The van der Waals surface area contributed by atoms with Crippen LogP contribution in [-0.4, -0.2) is 42.5 Å². The van der Waals surface area contributed by atoms with Gasteiger partial charge in [0, 0.05) is 12.6 Å². The van der Waals surface area contributed by atoms with Crippen molar-refractivity contribution in [2.75, 3.05) is 20.1 Å². The van der Waals surface area contributed by atoms with Crippen molar-refractivity contribution >= 4 is 5.91 Å². The molecule has 1 amide bonds. The number of hydrogen-bond donors (Lipinski definition) is 2. The normalized spacial score (nSPS) is 21.8. The summed E-state index contributed by atoms with van der Waals surface area (Å²) in [6, 6.07) is 0.539. The van der Waals surface area contributed by atoms with E-state index in [1.54, 1.807) is 0 Å². The van der Waals surface area contributed by atoms with Crippen LogP contribution in [0.5, 0.6) is 0 Å². The second-order valence-corrected chi connectivity index (χ2v) is 5.22. The molecule has 2 atom stereocenters. The number of carbonyl (C=O) groups is 1. The Bertz CT molecular complexity index is 253. The maximum Gasteiger partial charge on any atom is 0.238 e. The third-order valence-electron chi connectivity index (χ3n) is 3.68. The summed E-state index contributed by atoms with van der Waals surface area (Å²) >= 11 is 0. The van der Waals surface area contributed by atoms with Gasteiger partial charge in [0.05, 0.1) is 0 Å². The van der Waals surface area contributed by atoms with Crippen LogP contribution in [0.3, 0.4) is 0 Å². The van der Waals surface area contributed by atoms with Crippen molar-refractivity contribution in [2.45, 2.75) is 45.2 Å². The van der Waals surface area contributed by atoms with Gasteiger partial charge in [-0.25, -0.2) is 0 Å². The summed E-state index contributed by atoms with van der Waals surface area (Å²) in [5.41, 5.74) is 4.85. The van der Waals surface area contributed by atoms with Crippen LogP contribution >= 0.6 is 0 Å². The Kier molecular flexibility index (Phi) is 4.33. The number of carbonyl (C=O) groups excluding carboxylic acids is 1. The molecule has 4 nitrogen and oxygen atoms in total. The van der Waals surface area contributed by atoms with E-state index in [2.05, 4.69) is 24.2 Å². The summed E-state index contributed by atoms with van der Waals surface area (Å²) in [7, 11) is 2.07. The summed E-state index contributed by atoms with van der Waals surface area (Å²) in [4.78, 5) is 13.7. The standard InChI is InChI=1S/C12H25N3O/c1-5-14-12(3,11(13)16)8-15(4)9(2)10-6-7-10/h9-10,14H,5-8H2,1-4H3,(H2,13,16). The van der Waals surface area contributed by atoms with Crippen LogP contribution in [-0.2, 0) is 4.79 Å². The molecule has 0 bridgehead atoms. The van der Waals surface area contributed by atoms with Crippen LogP contribution in [0.25, 0.3) is 0 Å². The summed E-state index contributed by atoms with van der Waals surface area (Å²) in [5, 5.41) is 3.19. The molecule has 3 N–H and O–H groups in total. The lowest BCUT2D eigenvalue weighted by atomic mass is 9.99. The molecular weight excluding hydrogens is 202 g/mol. The van der Waals surface area contributed by atoms with Crippen molar-refractivity contribution in [1.29, 1.82) is 0 Å². The highest BCUT2D eigenvalue weighted by molar-refractivity contribution is 5.84. The van der Waals surface area contributed by atoms with Gasteiger partial charge in [-0.15, -0.1) is 0 Å².